The van der Waals surface area contributed by atoms with Gasteiger partial charge in [-0.05, 0) is 36.8 Å². The number of anilines is 1. The van der Waals surface area contributed by atoms with Gasteiger partial charge in [0, 0.05) is 10.6 Å². The van der Waals surface area contributed by atoms with E-state index in [0.717, 1.165) is 16.8 Å². The van der Waals surface area contributed by atoms with Crippen LogP contribution in [0.4, 0.5) is 5.82 Å². The minimum atomic E-state index is 0.415. The zero-order valence-corrected chi connectivity index (χ0v) is 8.99. The van der Waals surface area contributed by atoms with Gasteiger partial charge in [0.25, 0.3) is 0 Å². The van der Waals surface area contributed by atoms with E-state index < -0.39 is 0 Å². The molecule has 2 rings (SSSR count). The Bertz CT molecular complexity index is 480. The highest BCUT2D eigenvalue weighted by atomic mass is 35.5. The number of hydrogen-bond acceptors (Lipinski definition) is 3. The van der Waals surface area contributed by atoms with Crippen LogP contribution in [0.25, 0.3) is 11.3 Å². The lowest BCUT2D eigenvalue weighted by molar-refractivity contribution is 1.05. The van der Waals surface area contributed by atoms with Gasteiger partial charge < -0.3 is 5.73 Å². The van der Waals surface area contributed by atoms with E-state index >= 15 is 0 Å². The van der Waals surface area contributed by atoms with Gasteiger partial charge in [0.15, 0.2) is 0 Å². The van der Waals surface area contributed by atoms with Crippen LogP contribution in [0.5, 0.6) is 0 Å². The first-order chi connectivity index (χ1) is 7.16. The quantitative estimate of drug-likeness (QED) is 0.802. The molecule has 0 aliphatic rings. The molecule has 0 unspecified atom stereocenters. The maximum atomic E-state index is 5.93. The smallest absolute Gasteiger partial charge is 0.146 e. The molecule has 1 aromatic heterocycles. The maximum Gasteiger partial charge on any atom is 0.146 e. The number of benzene rings is 1. The van der Waals surface area contributed by atoms with Crippen LogP contribution in [0.15, 0.2) is 30.3 Å². The van der Waals surface area contributed by atoms with Gasteiger partial charge in [0.1, 0.15) is 5.82 Å². The molecule has 0 fully saturated rings. The third-order valence-corrected chi connectivity index (χ3v) is 2.40. The Labute approximate surface area is 92.9 Å². The van der Waals surface area contributed by atoms with Crippen molar-refractivity contribution in [2.75, 3.05) is 5.73 Å². The first kappa shape index (κ1) is 9.93. The van der Waals surface area contributed by atoms with Crippen molar-refractivity contribution >= 4 is 17.4 Å². The normalized spacial score (nSPS) is 10.3. The lowest BCUT2D eigenvalue weighted by atomic mass is 10.1. The fourth-order valence-electron chi connectivity index (χ4n) is 1.36. The summed E-state index contributed by atoms with van der Waals surface area (Å²) in [6, 6.07) is 9.24. The molecule has 76 valence electrons. The molecule has 2 aromatic rings. The fourth-order valence-corrected chi connectivity index (χ4v) is 1.53. The van der Waals surface area contributed by atoms with Gasteiger partial charge in [0.2, 0.25) is 0 Å². The highest BCUT2D eigenvalue weighted by Gasteiger charge is 2.04. The summed E-state index contributed by atoms with van der Waals surface area (Å²) in [7, 11) is 0. The Morgan fingerprint density at radius 1 is 1.13 bits per heavy atom. The topological polar surface area (TPSA) is 51.8 Å². The summed E-state index contributed by atoms with van der Waals surface area (Å²) in [6.07, 6.45) is 0. The van der Waals surface area contributed by atoms with Crippen LogP contribution >= 0.6 is 11.6 Å². The molecule has 0 spiro atoms. The zero-order chi connectivity index (χ0) is 10.8. The van der Waals surface area contributed by atoms with Crippen LogP contribution in [0.3, 0.4) is 0 Å². The summed E-state index contributed by atoms with van der Waals surface area (Å²) in [4.78, 5) is 0. The van der Waals surface area contributed by atoms with Crippen LogP contribution in [-0.2, 0) is 0 Å². The van der Waals surface area contributed by atoms with E-state index in [4.69, 9.17) is 17.3 Å². The summed E-state index contributed by atoms with van der Waals surface area (Å²) < 4.78 is 0. The second-order valence-electron chi connectivity index (χ2n) is 3.30. The van der Waals surface area contributed by atoms with Gasteiger partial charge in [-0.1, -0.05) is 17.7 Å². The van der Waals surface area contributed by atoms with Crippen molar-refractivity contribution in [2.24, 2.45) is 0 Å². The van der Waals surface area contributed by atoms with Gasteiger partial charge in [-0.15, -0.1) is 10.2 Å². The molecule has 0 amide bonds. The summed E-state index contributed by atoms with van der Waals surface area (Å²) in [5.74, 6) is 0.415. The number of hydrogen-bond donors (Lipinski definition) is 1. The number of nitrogens with zero attached hydrogens (tertiary/aromatic N) is 2. The molecule has 0 atom stereocenters. The van der Waals surface area contributed by atoms with E-state index in [1.165, 1.54) is 0 Å². The average molecular weight is 220 g/mol. The number of aromatic nitrogens is 2. The van der Waals surface area contributed by atoms with Crippen LogP contribution in [-0.4, -0.2) is 10.2 Å². The van der Waals surface area contributed by atoms with Gasteiger partial charge in [-0.25, -0.2) is 0 Å². The number of halogens is 1. The molecule has 0 bridgehead atoms. The molecular weight excluding hydrogens is 210 g/mol. The molecule has 0 aliphatic carbocycles. The van der Waals surface area contributed by atoms with Crippen molar-refractivity contribution in [2.45, 2.75) is 6.92 Å². The highest BCUT2D eigenvalue weighted by Crippen LogP contribution is 2.24. The number of nitrogen functional groups attached to an aromatic ring is 1. The van der Waals surface area contributed by atoms with Crippen molar-refractivity contribution in [1.29, 1.82) is 0 Å². The molecular formula is C11H10ClN3. The standard InChI is InChI=1S/C11H10ClN3/c1-7-2-3-8(12)6-9(7)10-4-5-11(13)15-14-10/h2-6H,1H3,(H2,13,15). The zero-order valence-electron chi connectivity index (χ0n) is 8.24. The summed E-state index contributed by atoms with van der Waals surface area (Å²) in [5, 5.41) is 8.52. The molecule has 1 aromatic carbocycles. The Balaban J connectivity index is 2.53. The van der Waals surface area contributed by atoms with E-state index in [0.29, 0.717) is 10.8 Å². The van der Waals surface area contributed by atoms with Crippen LogP contribution in [0.2, 0.25) is 5.02 Å². The monoisotopic (exact) mass is 219 g/mol. The summed E-state index contributed by atoms with van der Waals surface area (Å²) in [5.41, 5.74) is 8.35. The highest BCUT2D eigenvalue weighted by molar-refractivity contribution is 6.30. The predicted molar refractivity (Wildman–Crippen MR) is 61.6 cm³/mol. The van der Waals surface area contributed by atoms with E-state index in [2.05, 4.69) is 10.2 Å². The van der Waals surface area contributed by atoms with E-state index in [1.54, 1.807) is 6.07 Å². The molecule has 1 heterocycles. The fraction of sp³-hybridized carbons (Fsp3) is 0.0909. The molecule has 0 aliphatic heterocycles. The minimum absolute atomic E-state index is 0.415. The Kier molecular flexibility index (Phi) is 2.56. The van der Waals surface area contributed by atoms with Crippen molar-refractivity contribution in [3.8, 4) is 11.3 Å². The molecule has 0 radical (unpaired) electrons. The molecule has 4 heteroatoms. The second-order valence-corrected chi connectivity index (χ2v) is 3.74. The molecule has 0 saturated carbocycles. The molecule has 15 heavy (non-hydrogen) atoms. The first-order valence-electron chi connectivity index (χ1n) is 4.52. The lowest BCUT2D eigenvalue weighted by Gasteiger charge is -2.04. The predicted octanol–water partition coefficient (Wildman–Crippen LogP) is 2.69. The van der Waals surface area contributed by atoms with Crippen LogP contribution in [0, 0.1) is 6.92 Å². The SMILES string of the molecule is Cc1ccc(Cl)cc1-c1ccc(N)nn1. The van der Waals surface area contributed by atoms with E-state index in [-0.39, 0.29) is 0 Å². The number of nitrogens with two attached hydrogens (primary N) is 1. The number of aryl methyl sites for hydroxylation is 1. The Morgan fingerprint density at radius 3 is 2.60 bits per heavy atom. The third-order valence-electron chi connectivity index (χ3n) is 2.16. The first-order valence-corrected chi connectivity index (χ1v) is 4.90. The molecule has 3 nitrogen and oxygen atoms in total. The minimum Gasteiger partial charge on any atom is -0.382 e. The lowest BCUT2D eigenvalue weighted by Crippen LogP contribution is -1.94. The van der Waals surface area contributed by atoms with E-state index in [1.807, 2.05) is 31.2 Å². The average Bonchev–Trinajstić information content (AvgIpc) is 2.23. The van der Waals surface area contributed by atoms with Crippen molar-refractivity contribution < 1.29 is 0 Å². The summed E-state index contributed by atoms with van der Waals surface area (Å²) >= 11 is 5.93. The van der Waals surface area contributed by atoms with Gasteiger partial charge in [0.05, 0.1) is 5.69 Å². The van der Waals surface area contributed by atoms with Crippen LogP contribution in [0.1, 0.15) is 5.56 Å². The number of rotatable bonds is 1. The second kappa shape index (κ2) is 3.87. The van der Waals surface area contributed by atoms with Crippen LogP contribution < -0.4 is 5.73 Å². The summed E-state index contributed by atoms with van der Waals surface area (Å²) in [6.45, 7) is 2.00. The van der Waals surface area contributed by atoms with Crippen molar-refractivity contribution in [1.82, 2.24) is 10.2 Å². The largest absolute Gasteiger partial charge is 0.382 e. The van der Waals surface area contributed by atoms with Gasteiger partial charge in [-0.3, -0.25) is 0 Å². The van der Waals surface area contributed by atoms with E-state index in [9.17, 15) is 0 Å². The maximum absolute atomic E-state index is 5.93. The Morgan fingerprint density at radius 2 is 1.93 bits per heavy atom. The van der Waals surface area contributed by atoms with Gasteiger partial charge >= 0.3 is 0 Å². The molecule has 0 saturated heterocycles. The van der Waals surface area contributed by atoms with Crippen molar-refractivity contribution in [3.63, 3.8) is 0 Å². The van der Waals surface area contributed by atoms with Gasteiger partial charge in [-0.2, -0.15) is 0 Å². The van der Waals surface area contributed by atoms with Crippen molar-refractivity contribution in [3.05, 3.63) is 40.9 Å². The molecule has 2 N–H and O–H groups in total. The Hall–Kier alpha value is -1.61. The third kappa shape index (κ3) is 2.07.